The molecule has 1 fully saturated rings. The number of nitriles is 1. The SMILES string of the molecule is Cc1nnc(OC2CCCCC2N)c(C#N)c1C. The zero-order valence-electron chi connectivity index (χ0n) is 10.8. The largest absolute Gasteiger partial charge is 0.471 e. The number of aryl methyl sites for hydroxylation is 1. The van der Waals surface area contributed by atoms with Gasteiger partial charge in [0.2, 0.25) is 0 Å². The Morgan fingerprint density at radius 2 is 2.00 bits per heavy atom. The molecular formula is C13H18N4O. The van der Waals surface area contributed by atoms with Crippen LogP contribution in [0, 0.1) is 25.2 Å². The van der Waals surface area contributed by atoms with Crippen molar-refractivity contribution in [1.29, 1.82) is 5.26 Å². The third-order valence-electron chi connectivity index (χ3n) is 3.55. The molecule has 0 radical (unpaired) electrons. The zero-order valence-corrected chi connectivity index (χ0v) is 10.8. The second kappa shape index (κ2) is 5.32. The lowest BCUT2D eigenvalue weighted by molar-refractivity contribution is 0.125. The van der Waals surface area contributed by atoms with Crippen molar-refractivity contribution in [3.05, 3.63) is 16.8 Å². The summed E-state index contributed by atoms with van der Waals surface area (Å²) in [6.45, 7) is 3.69. The molecule has 96 valence electrons. The predicted octanol–water partition coefficient (Wildman–Crippen LogP) is 1.61. The average Bonchev–Trinajstić information content (AvgIpc) is 2.37. The van der Waals surface area contributed by atoms with Crippen molar-refractivity contribution in [2.45, 2.75) is 51.7 Å². The first-order valence-corrected chi connectivity index (χ1v) is 6.29. The van der Waals surface area contributed by atoms with Crippen LogP contribution in [0.25, 0.3) is 0 Å². The summed E-state index contributed by atoms with van der Waals surface area (Å²) in [5.74, 6) is 0.322. The summed E-state index contributed by atoms with van der Waals surface area (Å²) in [6, 6.07) is 2.16. The summed E-state index contributed by atoms with van der Waals surface area (Å²) < 4.78 is 5.80. The molecule has 2 unspecified atom stereocenters. The van der Waals surface area contributed by atoms with Crippen LogP contribution in [0.4, 0.5) is 0 Å². The van der Waals surface area contributed by atoms with Gasteiger partial charge in [0.05, 0.1) is 5.69 Å². The van der Waals surface area contributed by atoms with Crippen molar-refractivity contribution in [3.63, 3.8) is 0 Å². The molecule has 1 heterocycles. The van der Waals surface area contributed by atoms with E-state index in [1.54, 1.807) is 0 Å². The minimum absolute atomic E-state index is 0.0219. The third kappa shape index (κ3) is 2.44. The maximum Gasteiger partial charge on any atom is 0.252 e. The highest BCUT2D eigenvalue weighted by molar-refractivity contribution is 5.45. The number of nitrogens with two attached hydrogens (primary N) is 1. The number of ether oxygens (including phenoxy) is 1. The Balaban J connectivity index is 2.24. The van der Waals surface area contributed by atoms with E-state index in [0.29, 0.717) is 11.4 Å². The van der Waals surface area contributed by atoms with E-state index in [9.17, 15) is 5.26 Å². The van der Waals surface area contributed by atoms with Gasteiger partial charge in [0.1, 0.15) is 17.7 Å². The number of hydrogen-bond acceptors (Lipinski definition) is 5. The second-order valence-corrected chi connectivity index (χ2v) is 4.81. The van der Waals surface area contributed by atoms with Crippen molar-refractivity contribution >= 4 is 0 Å². The summed E-state index contributed by atoms with van der Waals surface area (Å²) in [4.78, 5) is 0. The fraction of sp³-hybridized carbons (Fsp3) is 0.615. The number of rotatable bonds is 2. The Bertz CT molecular complexity index is 481. The number of nitrogens with zero attached hydrogens (tertiary/aromatic N) is 3. The van der Waals surface area contributed by atoms with Crippen LogP contribution in [-0.4, -0.2) is 22.3 Å². The van der Waals surface area contributed by atoms with Crippen LogP contribution >= 0.6 is 0 Å². The van der Waals surface area contributed by atoms with Crippen molar-refractivity contribution in [1.82, 2.24) is 10.2 Å². The summed E-state index contributed by atoms with van der Waals surface area (Å²) in [6.07, 6.45) is 4.08. The Morgan fingerprint density at radius 1 is 1.28 bits per heavy atom. The van der Waals surface area contributed by atoms with E-state index >= 15 is 0 Å². The molecule has 1 saturated carbocycles. The monoisotopic (exact) mass is 246 g/mol. The van der Waals surface area contributed by atoms with Crippen molar-refractivity contribution in [2.24, 2.45) is 5.73 Å². The molecule has 5 heteroatoms. The molecule has 0 aliphatic heterocycles. The summed E-state index contributed by atoms with van der Waals surface area (Å²) >= 11 is 0. The van der Waals surface area contributed by atoms with Crippen molar-refractivity contribution in [3.8, 4) is 11.9 Å². The van der Waals surface area contributed by atoms with Crippen LogP contribution in [0.5, 0.6) is 5.88 Å². The van der Waals surface area contributed by atoms with Gasteiger partial charge in [0, 0.05) is 6.04 Å². The standard InChI is InChI=1S/C13H18N4O/c1-8-9(2)16-17-13(10(8)7-14)18-12-6-4-3-5-11(12)15/h11-12H,3-6,15H2,1-2H3. The Labute approximate surface area is 107 Å². The van der Waals surface area contributed by atoms with Crippen molar-refractivity contribution < 1.29 is 4.74 Å². The van der Waals surface area contributed by atoms with E-state index in [1.807, 2.05) is 13.8 Å². The molecule has 1 aliphatic rings. The molecule has 0 spiro atoms. The first kappa shape index (κ1) is 12.8. The second-order valence-electron chi connectivity index (χ2n) is 4.81. The molecule has 1 aromatic rings. The van der Waals surface area contributed by atoms with Crippen LogP contribution in [0.3, 0.4) is 0 Å². The lowest BCUT2D eigenvalue weighted by Gasteiger charge is -2.28. The van der Waals surface area contributed by atoms with Crippen LogP contribution in [-0.2, 0) is 0 Å². The molecule has 0 bridgehead atoms. The predicted molar refractivity (Wildman–Crippen MR) is 67.1 cm³/mol. The number of hydrogen-bond donors (Lipinski definition) is 1. The quantitative estimate of drug-likeness (QED) is 0.857. The lowest BCUT2D eigenvalue weighted by atomic mass is 9.93. The van der Waals surface area contributed by atoms with E-state index in [2.05, 4.69) is 16.3 Å². The molecule has 2 N–H and O–H groups in total. The molecule has 18 heavy (non-hydrogen) atoms. The third-order valence-corrected chi connectivity index (χ3v) is 3.55. The van der Waals surface area contributed by atoms with E-state index in [-0.39, 0.29) is 12.1 Å². The molecule has 2 atom stereocenters. The highest BCUT2D eigenvalue weighted by atomic mass is 16.5. The van der Waals surface area contributed by atoms with Gasteiger partial charge in [0.25, 0.3) is 5.88 Å². The molecule has 5 nitrogen and oxygen atoms in total. The minimum atomic E-state index is -0.0535. The number of aromatic nitrogens is 2. The van der Waals surface area contributed by atoms with Gasteiger partial charge in [-0.3, -0.25) is 0 Å². The average molecular weight is 246 g/mol. The van der Waals surface area contributed by atoms with E-state index in [1.165, 1.54) is 0 Å². The first-order chi connectivity index (χ1) is 8.63. The first-order valence-electron chi connectivity index (χ1n) is 6.29. The summed E-state index contributed by atoms with van der Waals surface area (Å²) in [7, 11) is 0. The van der Waals surface area contributed by atoms with Gasteiger partial charge in [-0.15, -0.1) is 5.10 Å². The zero-order chi connectivity index (χ0) is 13.1. The van der Waals surface area contributed by atoms with Crippen LogP contribution in [0.2, 0.25) is 0 Å². The van der Waals surface area contributed by atoms with Gasteiger partial charge in [0.15, 0.2) is 0 Å². The summed E-state index contributed by atoms with van der Waals surface area (Å²) in [5, 5.41) is 17.2. The normalized spacial score (nSPS) is 23.4. The van der Waals surface area contributed by atoms with Gasteiger partial charge in [-0.05, 0) is 38.7 Å². The Morgan fingerprint density at radius 3 is 2.67 bits per heavy atom. The maximum atomic E-state index is 9.19. The molecule has 0 saturated heterocycles. The molecule has 1 aromatic heterocycles. The minimum Gasteiger partial charge on any atom is -0.471 e. The molecule has 1 aliphatic carbocycles. The van der Waals surface area contributed by atoms with E-state index in [4.69, 9.17) is 10.5 Å². The van der Waals surface area contributed by atoms with E-state index < -0.39 is 0 Å². The van der Waals surface area contributed by atoms with Crippen LogP contribution < -0.4 is 10.5 Å². The van der Waals surface area contributed by atoms with Gasteiger partial charge in [-0.2, -0.15) is 10.4 Å². The van der Waals surface area contributed by atoms with Gasteiger partial charge in [-0.1, -0.05) is 6.42 Å². The lowest BCUT2D eigenvalue weighted by Crippen LogP contribution is -2.41. The highest BCUT2D eigenvalue weighted by Gasteiger charge is 2.25. The molecular weight excluding hydrogens is 228 g/mol. The van der Waals surface area contributed by atoms with Gasteiger partial charge >= 0.3 is 0 Å². The highest BCUT2D eigenvalue weighted by Crippen LogP contribution is 2.25. The van der Waals surface area contributed by atoms with Crippen molar-refractivity contribution in [2.75, 3.05) is 0 Å². The smallest absolute Gasteiger partial charge is 0.252 e. The fourth-order valence-corrected chi connectivity index (χ4v) is 2.22. The summed E-state index contributed by atoms with van der Waals surface area (Å²) in [5.41, 5.74) is 8.08. The molecule has 2 rings (SSSR count). The van der Waals surface area contributed by atoms with Gasteiger partial charge < -0.3 is 10.5 Å². The maximum absolute atomic E-state index is 9.19. The molecule has 0 aromatic carbocycles. The Hall–Kier alpha value is -1.67. The van der Waals surface area contributed by atoms with Gasteiger partial charge in [-0.25, -0.2) is 0 Å². The molecule has 0 amide bonds. The van der Waals surface area contributed by atoms with Crippen LogP contribution in [0.15, 0.2) is 0 Å². The van der Waals surface area contributed by atoms with E-state index in [0.717, 1.165) is 36.9 Å². The Kier molecular flexibility index (Phi) is 3.78. The topological polar surface area (TPSA) is 84.8 Å². The fourth-order valence-electron chi connectivity index (χ4n) is 2.22. The van der Waals surface area contributed by atoms with Crippen LogP contribution in [0.1, 0.15) is 42.5 Å².